The number of anilines is 1. The van der Waals surface area contributed by atoms with E-state index in [1.807, 2.05) is 0 Å². The van der Waals surface area contributed by atoms with Crippen LogP contribution in [-0.4, -0.2) is 24.1 Å². The average Bonchev–Trinajstić information content (AvgIpc) is 2.63. The smallest absolute Gasteiger partial charge is 0.362 e. The number of para-hydroxylation sites is 1. The highest BCUT2D eigenvalue weighted by atomic mass is 79.9. The summed E-state index contributed by atoms with van der Waals surface area (Å²) in [4.78, 5) is 24.2. The highest BCUT2D eigenvalue weighted by Gasteiger charge is 2.29. The van der Waals surface area contributed by atoms with Gasteiger partial charge in [-0.05, 0) is 36.8 Å². The van der Waals surface area contributed by atoms with Gasteiger partial charge in [-0.1, -0.05) is 63.4 Å². The van der Waals surface area contributed by atoms with Crippen molar-refractivity contribution >= 4 is 62.3 Å². The molecule has 0 aliphatic rings. The highest BCUT2D eigenvalue weighted by Crippen LogP contribution is 2.26. The van der Waals surface area contributed by atoms with Crippen LogP contribution in [0.1, 0.15) is 17.3 Å². The van der Waals surface area contributed by atoms with Crippen molar-refractivity contribution in [3.63, 3.8) is 0 Å². The average molecular weight is 458 g/mol. The van der Waals surface area contributed by atoms with E-state index in [0.717, 1.165) is 0 Å². The molecule has 0 aliphatic carbocycles. The van der Waals surface area contributed by atoms with Gasteiger partial charge >= 0.3 is 5.97 Å². The van der Waals surface area contributed by atoms with Crippen LogP contribution in [0.3, 0.4) is 0 Å². The zero-order chi connectivity index (χ0) is 19.1. The van der Waals surface area contributed by atoms with E-state index in [1.54, 1.807) is 55.5 Å². The van der Waals surface area contributed by atoms with E-state index in [1.165, 1.54) is 0 Å². The molecule has 2 aromatic rings. The Kier molecular flexibility index (Phi) is 7.63. The lowest BCUT2D eigenvalue weighted by molar-refractivity contribution is -0.135. The summed E-state index contributed by atoms with van der Waals surface area (Å²) in [5.74, 6) is -1.37. The van der Waals surface area contributed by atoms with Gasteiger partial charge in [0.25, 0.3) is 0 Å². The number of benzene rings is 2. The molecule has 8 heteroatoms. The van der Waals surface area contributed by atoms with Crippen LogP contribution in [0, 0.1) is 0 Å². The molecular weight excluding hydrogens is 443 g/mol. The highest BCUT2D eigenvalue weighted by molar-refractivity contribution is 9.09. The molecule has 0 heterocycles. The standard InChI is InChI=1S/C18H15BrCl2N2O3/c1-2-26-18(25)16(23-22-14-6-4-3-5-13(14)21)17(24)15(19)11-7-9-12(20)10-8-11/h3-10,15,22H,2H2,1H3/b23-16+. The van der Waals surface area contributed by atoms with E-state index in [4.69, 9.17) is 27.9 Å². The number of hydrogen-bond acceptors (Lipinski definition) is 5. The van der Waals surface area contributed by atoms with Gasteiger partial charge in [-0.2, -0.15) is 5.10 Å². The molecule has 0 aromatic heterocycles. The molecule has 1 N–H and O–H groups in total. The third-order valence-corrected chi connectivity index (χ3v) is 4.78. The van der Waals surface area contributed by atoms with Gasteiger partial charge in [0, 0.05) is 5.02 Å². The van der Waals surface area contributed by atoms with Crippen molar-refractivity contribution in [2.24, 2.45) is 5.10 Å². The van der Waals surface area contributed by atoms with E-state index < -0.39 is 16.6 Å². The molecule has 1 atom stereocenters. The van der Waals surface area contributed by atoms with E-state index >= 15 is 0 Å². The number of nitrogens with zero attached hydrogens (tertiary/aromatic N) is 1. The minimum Gasteiger partial charge on any atom is -0.461 e. The summed E-state index contributed by atoms with van der Waals surface area (Å²) in [5.41, 5.74) is 3.36. The van der Waals surface area contributed by atoms with Gasteiger partial charge in [-0.15, -0.1) is 0 Å². The van der Waals surface area contributed by atoms with E-state index in [2.05, 4.69) is 26.5 Å². The molecule has 0 amide bonds. The number of ether oxygens (including phenoxy) is 1. The number of rotatable bonds is 7. The lowest BCUT2D eigenvalue weighted by Gasteiger charge is -2.12. The van der Waals surface area contributed by atoms with Crippen molar-refractivity contribution < 1.29 is 14.3 Å². The van der Waals surface area contributed by atoms with Crippen molar-refractivity contribution in [1.29, 1.82) is 0 Å². The number of Topliss-reactive ketones (excluding diaryl/α,β-unsaturated/α-hetero) is 1. The number of ketones is 1. The third-order valence-electron chi connectivity index (χ3n) is 3.26. The number of carbonyl (C=O) groups is 2. The van der Waals surface area contributed by atoms with Crippen LogP contribution in [0.25, 0.3) is 0 Å². The van der Waals surface area contributed by atoms with Crippen LogP contribution in [0.5, 0.6) is 0 Å². The van der Waals surface area contributed by atoms with E-state index in [-0.39, 0.29) is 12.3 Å². The number of alkyl halides is 1. The molecule has 0 saturated heterocycles. The minimum absolute atomic E-state index is 0.116. The first-order valence-electron chi connectivity index (χ1n) is 7.63. The molecule has 0 saturated carbocycles. The summed E-state index contributed by atoms with van der Waals surface area (Å²) in [5, 5.41) is 4.88. The molecule has 0 fully saturated rings. The van der Waals surface area contributed by atoms with Gasteiger partial charge in [0.05, 0.1) is 17.3 Å². The van der Waals surface area contributed by atoms with Crippen LogP contribution in [0.2, 0.25) is 10.0 Å². The fraction of sp³-hybridized carbons (Fsp3) is 0.167. The number of hydrazone groups is 1. The maximum atomic E-state index is 12.8. The van der Waals surface area contributed by atoms with Crippen LogP contribution < -0.4 is 5.43 Å². The van der Waals surface area contributed by atoms with Crippen molar-refractivity contribution in [2.45, 2.75) is 11.8 Å². The zero-order valence-electron chi connectivity index (χ0n) is 13.7. The maximum absolute atomic E-state index is 12.8. The Hall–Kier alpha value is -1.89. The second-order valence-corrected chi connectivity index (χ2v) is 6.81. The molecule has 2 rings (SSSR count). The Morgan fingerprint density at radius 2 is 1.81 bits per heavy atom. The second kappa shape index (κ2) is 9.71. The Balaban J connectivity index is 2.29. The second-order valence-electron chi connectivity index (χ2n) is 5.05. The summed E-state index contributed by atoms with van der Waals surface area (Å²) in [6, 6.07) is 13.5. The Bertz CT molecular complexity index is 825. The Morgan fingerprint density at radius 3 is 2.42 bits per heavy atom. The zero-order valence-corrected chi connectivity index (χ0v) is 16.8. The number of halogens is 3. The van der Waals surface area contributed by atoms with Crippen LogP contribution in [0.15, 0.2) is 53.6 Å². The summed E-state index contributed by atoms with van der Waals surface area (Å²) in [6.45, 7) is 1.76. The van der Waals surface area contributed by atoms with Gasteiger partial charge in [-0.3, -0.25) is 10.2 Å². The van der Waals surface area contributed by atoms with Crippen LogP contribution in [0.4, 0.5) is 5.69 Å². The van der Waals surface area contributed by atoms with Crippen LogP contribution in [-0.2, 0) is 14.3 Å². The number of nitrogens with one attached hydrogen (secondary N) is 1. The first kappa shape index (κ1) is 20.4. The van der Waals surface area contributed by atoms with Crippen molar-refractivity contribution in [1.82, 2.24) is 0 Å². The Morgan fingerprint density at radius 1 is 1.15 bits per heavy atom. The molecule has 136 valence electrons. The largest absolute Gasteiger partial charge is 0.461 e. The lowest BCUT2D eigenvalue weighted by atomic mass is 10.1. The van der Waals surface area contributed by atoms with Gasteiger partial charge < -0.3 is 4.74 Å². The number of carbonyl (C=O) groups excluding carboxylic acids is 2. The molecule has 26 heavy (non-hydrogen) atoms. The summed E-state index contributed by atoms with van der Waals surface area (Å²) >= 11 is 15.2. The van der Waals surface area contributed by atoms with Gasteiger partial charge in [0.1, 0.15) is 4.83 Å². The summed E-state index contributed by atoms with van der Waals surface area (Å²) < 4.78 is 4.94. The van der Waals surface area contributed by atoms with Gasteiger partial charge in [-0.25, -0.2) is 4.79 Å². The first-order valence-corrected chi connectivity index (χ1v) is 9.30. The molecule has 0 bridgehead atoms. The van der Waals surface area contributed by atoms with Crippen molar-refractivity contribution in [2.75, 3.05) is 12.0 Å². The predicted octanol–water partition coefficient (Wildman–Crippen LogP) is 5.03. The molecule has 0 aliphatic heterocycles. The number of hydrogen-bond donors (Lipinski definition) is 1. The fourth-order valence-electron chi connectivity index (χ4n) is 1.97. The first-order chi connectivity index (χ1) is 12.4. The molecule has 2 aromatic carbocycles. The fourth-order valence-corrected chi connectivity index (χ4v) is 2.80. The minimum atomic E-state index is -0.824. The summed E-state index contributed by atoms with van der Waals surface area (Å²) in [7, 11) is 0. The quantitative estimate of drug-likeness (QED) is 0.208. The van der Waals surface area contributed by atoms with Crippen molar-refractivity contribution in [3.05, 3.63) is 64.1 Å². The monoisotopic (exact) mass is 456 g/mol. The van der Waals surface area contributed by atoms with E-state index in [0.29, 0.717) is 21.3 Å². The van der Waals surface area contributed by atoms with Gasteiger partial charge in [0.2, 0.25) is 11.5 Å². The van der Waals surface area contributed by atoms with E-state index in [9.17, 15) is 9.59 Å². The third kappa shape index (κ3) is 5.30. The molecule has 0 radical (unpaired) electrons. The molecule has 5 nitrogen and oxygen atoms in total. The SMILES string of the molecule is CCOC(=O)/C(=N/Nc1ccccc1Cl)C(=O)C(Br)c1ccc(Cl)cc1. The number of esters is 1. The summed E-state index contributed by atoms with van der Waals surface area (Å²) in [6.07, 6.45) is 0. The topological polar surface area (TPSA) is 67.8 Å². The predicted molar refractivity (Wildman–Crippen MR) is 107 cm³/mol. The Labute approximate surface area is 169 Å². The molecule has 0 spiro atoms. The molecule has 1 unspecified atom stereocenters. The normalized spacial score (nSPS) is 12.4. The van der Waals surface area contributed by atoms with Crippen molar-refractivity contribution in [3.8, 4) is 0 Å². The molecular formula is C18H15BrCl2N2O3. The van der Waals surface area contributed by atoms with Crippen LogP contribution >= 0.6 is 39.1 Å². The van der Waals surface area contributed by atoms with Gasteiger partial charge in [0.15, 0.2) is 0 Å². The lowest BCUT2D eigenvalue weighted by Crippen LogP contribution is -2.30. The maximum Gasteiger partial charge on any atom is 0.362 e.